The minimum Gasteiger partial charge on any atom is -0.465 e. The second-order valence-electron chi connectivity index (χ2n) is 3.19. The topological polar surface area (TPSA) is 38.3 Å². The van der Waals surface area contributed by atoms with Gasteiger partial charge in [-0.25, -0.2) is 0 Å². The third-order valence-corrected chi connectivity index (χ3v) is 2.91. The number of thioether (sulfide) groups is 1. The summed E-state index contributed by atoms with van der Waals surface area (Å²) in [6.07, 6.45) is 0. The molecule has 0 amide bonds. The van der Waals surface area contributed by atoms with Crippen molar-refractivity contribution in [1.29, 1.82) is 0 Å². The summed E-state index contributed by atoms with van der Waals surface area (Å²) in [6.45, 7) is 6.31. The van der Waals surface area contributed by atoms with E-state index in [1.165, 1.54) is 0 Å². The van der Waals surface area contributed by atoms with E-state index < -0.39 is 0 Å². The van der Waals surface area contributed by atoms with Gasteiger partial charge < -0.3 is 4.74 Å². The van der Waals surface area contributed by atoms with Crippen molar-refractivity contribution in [2.24, 2.45) is 0 Å². The van der Waals surface area contributed by atoms with Crippen molar-refractivity contribution in [3.63, 3.8) is 0 Å². The molecule has 0 spiro atoms. The molecule has 0 aromatic carbocycles. The Labute approximate surface area is 77.2 Å². The molecular weight excluding hydrogens is 174 g/mol. The Morgan fingerprint density at radius 3 is 2.83 bits per heavy atom. The van der Waals surface area contributed by atoms with E-state index in [0.717, 1.165) is 0 Å². The first-order valence-corrected chi connectivity index (χ1v) is 4.88. The van der Waals surface area contributed by atoms with Crippen LogP contribution in [0.15, 0.2) is 0 Å². The highest BCUT2D eigenvalue weighted by Gasteiger charge is 2.41. The molecule has 0 aliphatic carbocycles. The van der Waals surface area contributed by atoms with Gasteiger partial charge in [-0.1, -0.05) is 0 Å². The van der Waals surface area contributed by atoms with Gasteiger partial charge in [-0.3, -0.25) is 10.1 Å². The molecule has 1 aliphatic heterocycles. The van der Waals surface area contributed by atoms with Gasteiger partial charge in [-0.15, -0.1) is 11.8 Å². The Morgan fingerprint density at radius 2 is 2.42 bits per heavy atom. The second kappa shape index (κ2) is 3.66. The van der Waals surface area contributed by atoms with E-state index >= 15 is 0 Å². The third-order valence-electron chi connectivity index (χ3n) is 1.81. The van der Waals surface area contributed by atoms with E-state index in [1.54, 1.807) is 11.8 Å². The van der Waals surface area contributed by atoms with Crippen molar-refractivity contribution in [2.45, 2.75) is 31.6 Å². The lowest BCUT2D eigenvalue weighted by atomic mass is 10.0. The predicted molar refractivity (Wildman–Crippen MR) is 49.5 cm³/mol. The maximum absolute atomic E-state index is 11.3. The van der Waals surface area contributed by atoms with Crippen LogP contribution in [0.1, 0.15) is 20.8 Å². The van der Waals surface area contributed by atoms with Crippen LogP contribution in [0.2, 0.25) is 0 Å². The maximum atomic E-state index is 11.3. The van der Waals surface area contributed by atoms with Crippen molar-refractivity contribution in [3.05, 3.63) is 5.88 Å². The predicted octanol–water partition coefficient (Wildman–Crippen LogP) is 1.15. The number of ether oxygens (including phenoxy) is 1. The lowest BCUT2D eigenvalue weighted by Gasteiger charge is -2.22. The molecule has 1 rings (SSSR count). The zero-order valence-corrected chi connectivity index (χ0v) is 8.40. The van der Waals surface area contributed by atoms with Crippen LogP contribution in [-0.2, 0) is 9.53 Å². The molecule has 0 aromatic heterocycles. The van der Waals surface area contributed by atoms with Crippen molar-refractivity contribution < 1.29 is 9.53 Å². The highest BCUT2D eigenvalue weighted by atomic mass is 32.2. The first-order chi connectivity index (χ1) is 5.58. The molecule has 0 aromatic rings. The van der Waals surface area contributed by atoms with Crippen LogP contribution in [0, 0.1) is 5.88 Å². The number of rotatable bonds is 2. The van der Waals surface area contributed by atoms with Gasteiger partial charge in [0.1, 0.15) is 6.04 Å². The highest BCUT2D eigenvalue weighted by Crippen LogP contribution is 2.35. The zero-order chi connectivity index (χ0) is 9.19. The Morgan fingerprint density at radius 1 is 1.75 bits per heavy atom. The molecule has 1 N–H and O–H groups in total. The molecule has 1 unspecified atom stereocenters. The van der Waals surface area contributed by atoms with Gasteiger partial charge in [0, 0.05) is 4.75 Å². The molecule has 1 fully saturated rings. The van der Waals surface area contributed by atoms with Crippen LogP contribution in [0.4, 0.5) is 0 Å². The molecule has 0 bridgehead atoms. The second-order valence-corrected chi connectivity index (χ2v) is 4.71. The number of hydrogen-bond acceptors (Lipinski definition) is 4. The Kier molecular flexibility index (Phi) is 3.01. The summed E-state index contributed by atoms with van der Waals surface area (Å²) in [5, 5.41) is 2.99. The summed E-state index contributed by atoms with van der Waals surface area (Å²) in [5.41, 5.74) is 0. The van der Waals surface area contributed by atoms with Gasteiger partial charge in [0.25, 0.3) is 0 Å². The van der Waals surface area contributed by atoms with Gasteiger partial charge in [0.2, 0.25) is 0 Å². The van der Waals surface area contributed by atoms with Gasteiger partial charge in [-0.05, 0) is 20.8 Å². The normalized spacial score (nSPS) is 27.1. The molecule has 4 heteroatoms. The summed E-state index contributed by atoms with van der Waals surface area (Å²) < 4.78 is 4.84. The molecule has 69 valence electrons. The van der Waals surface area contributed by atoms with Crippen molar-refractivity contribution in [1.82, 2.24) is 5.32 Å². The molecule has 1 atom stereocenters. The Hall–Kier alpha value is -0.220. The summed E-state index contributed by atoms with van der Waals surface area (Å²) in [4.78, 5) is 11.3. The molecule has 1 radical (unpaired) electrons. The van der Waals surface area contributed by atoms with Crippen LogP contribution in [-0.4, -0.2) is 23.4 Å². The van der Waals surface area contributed by atoms with E-state index in [2.05, 4.69) is 5.32 Å². The summed E-state index contributed by atoms with van der Waals surface area (Å²) in [7, 11) is 0. The summed E-state index contributed by atoms with van der Waals surface area (Å²) >= 11 is 1.62. The van der Waals surface area contributed by atoms with E-state index in [-0.39, 0.29) is 16.8 Å². The smallest absolute Gasteiger partial charge is 0.324 e. The summed E-state index contributed by atoms with van der Waals surface area (Å²) in [5.74, 6) is 1.69. The number of hydrogen-bond donors (Lipinski definition) is 1. The SMILES string of the molecule is CCOC(=O)C1N[CH]SC1(C)C. The quantitative estimate of drug-likeness (QED) is 0.660. The number of carbonyl (C=O) groups excluding carboxylic acids is 1. The fourth-order valence-electron chi connectivity index (χ4n) is 1.10. The van der Waals surface area contributed by atoms with Crippen LogP contribution < -0.4 is 5.32 Å². The fraction of sp³-hybridized carbons (Fsp3) is 0.750. The average Bonchev–Trinajstić information content (AvgIpc) is 2.30. The first kappa shape index (κ1) is 9.86. The number of nitrogens with one attached hydrogen (secondary N) is 1. The third kappa shape index (κ3) is 1.93. The Bertz CT molecular complexity index is 182. The lowest BCUT2D eigenvalue weighted by molar-refractivity contribution is -0.145. The molecule has 1 saturated heterocycles. The summed E-state index contributed by atoms with van der Waals surface area (Å²) in [6, 6.07) is -0.206. The molecule has 12 heavy (non-hydrogen) atoms. The van der Waals surface area contributed by atoms with Crippen molar-refractivity contribution in [3.8, 4) is 0 Å². The monoisotopic (exact) mass is 188 g/mol. The van der Waals surface area contributed by atoms with Gasteiger partial charge >= 0.3 is 5.97 Å². The first-order valence-electron chi connectivity index (χ1n) is 4.00. The van der Waals surface area contributed by atoms with Crippen LogP contribution in [0.3, 0.4) is 0 Å². The van der Waals surface area contributed by atoms with Crippen molar-refractivity contribution in [2.75, 3.05) is 6.61 Å². The standard InChI is InChI=1S/C8H14NO2S/c1-4-11-7(10)6-8(2,3)12-5-9-6/h5-6,9H,4H2,1-3H3. The molecule has 3 nitrogen and oxygen atoms in total. The van der Waals surface area contributed by atoms with E-state index in [0.29, 0.717) is 6.61 Å². The average molecular weight is 188 g/mol. The zero-order valence-electron chi connectivity index (χ0n) is 7.59. The van der Waals surface area contributed by atoms with Crippen LogP contribution in [0.25, 0.3) is 0 Å². The molecular formula is C8H14NO2S. The van der Waals surface area contributed by atoms with Crippen molar-refractivity contribution >= 4 is 17.7 Å². The van der Waals surface area contributed by atoms with E-state index in [4.69, 9.17) is 4.74 Å². The van der Waals surface area contributed by atoms with E-state index in [1.807, 2.05) is 26.6 Å². The van der Waals surface area contributed by atoms with Gasteiger partial charge in [0.15, 0.2) is 0 Å². The van der Waals surface area contributed by atoms with Gasteiger partial charge in [-0.2, -0.15) is 0 Å². The Balaban J connectivity index is 2.56. The van der Waals surface area contributed by atoms with Crippen LogP contribution in [0.5, 0.6) is 0 Å². The molecule has 0 saturated carbocycles. The molecule has 1 aliphatic rings. The largest absolute Gasteiger partial charge is 0.465 e. The highest BCUT2D eigenvalue weighted by molar-refractivity contribution is 8.02. The minimum atomic E-state index is -0.206. The lowest BCUT2D eigenvalue weighted by Crippen LogP contribution is -2.44. The fourth-order valence-corrected chi connectivity index (χ4v) is 1.91. The minimum absolute atomic E-state index is 0.0910. The molecule has 1 heterocycles. The maximum Gasteiger partial charge on any atom is 0.324 e. The number of carbonyl (C=O) groups is 1. The van der Waals surface area contributed by atoms with Gasteiger partial charge in [0.05, 0.1) is 12.5 Å². The van der Waals surface area contributed by atoms with E-state index in [9.17, 15) is 4.79 Å². The van der Waals surface area contributed by atoms with Crippen LogP contribution >= 0.6 is 11.8 Å². The number of esters is 1.